The van der Waals surface area contributed by atoms with Gasteiger partial charge in [-0.05, 0) is 38.3 Å². The minimum Gasteiger partial charge on any atom is -0.462 e. The van der Waals surface area contributed by atoms with Crippen molar-refractivity contribution in [2.24, 2.45) is 16.6 Å². The van der Waals surface area contributed by atoms with Crippen molar-refractivity contribution in [3.05, 3.63) is 24.2 Å². The molecule has 16 heteroatoms. The summed E-state index contributed by atoms with van der Waals surface area (Å²) < 4.78 is 27.8. The molecule has 3 rings (SSSR count). The molecule has 2 aromatic heterocycles. The predicted octanol–water partition coefficient (Wildman–Crippen LogP) is 1.54. The normalized spacial score (nSPS) is 22.5. The quantitative estimate of drug-likeness (QED) is 0.206. The maximum atomic E-state index is 12.6. The number of amides is 1. The first kappa shape index (κ1) is 34.2. The second-order valence-corrected chi connectivity index (χ2v) is 12.2. The Balaban J connectivity index is 1.88. The lowest BCUT2D eigenvalue weighted by Gasteiger charge is -2.26. The highest BCUT2D eigenvalue weighted by atomic mass is 16.7. The Hall–Kier alpha value is -4.33. The van der Waals surface area contributed by atoms with Gasteiger partial charge in [-0.25, -0.2) is 14.3 Å². The molecule has 0 aliphatic carbocycles. The van der Waals surface area contributed by atoms with E-state index in [0.29, 0.717) is 0 Å². The average Bonchev–Trinajstić information content (AvgIpc) is 3.50. The van der Waals surface area contributed by atoms with E-state index >= 15 is 0 Å². The SMILES string of the molecule is CCC(=O)O[C@H]1[C@@H](O)[C@](C#N)(c2ccc3c(NC(=O)OCOC(=O)C(C)(C)C)ncnn23)O[C@@H]1COC(=O)[C@@H](N)C(C)(C)C. The lowest BCUT2D eigenvalue weighted by molar-refractivity contribution is -0.162. The van der Waals surface area contributed by atoms with Crippen LogP contribution in [0.15, 0.2) is 18.5 Å². The molecule has 0 unspecified atom stereocenters. The highest BCUT2D eigenvalue weighted by molar-refractivity contribution is 5.88. The summed E-state index contributed by atoms with van der Waals surface area (Å²) in [6.07, 6.45) is -4.38. The third kappa shape index (κ3) is 7.24. The summed E-state index contributed by atoms with van der Waals surface area (Å²) in [5, 5.41) is 28.3. The molecule has 0 spiro atoms. The molecule has 0 radical (unpaired) electrons. The van der Waals surface area contributed by atoms with Crippen LogP contribution in [-0.4, -0.2) is 81.5 Å². The Morgan fingerprint density at radius 2 is 1.86 bits per heavy atom. The van der Waals surface area contributed by atoms with Crippen molar-refractivity contribution in [2.45, 2.75) is 84.8 Å². The van der Waals surface area contributed by atoms with E-state index in [9.17, 15) is 29.5 Å². The first-order chi connectivity index (χ1) is 20.5. The summed E-state index contributed by atoms with van der Waals surface area (Å²) in [5.74, 6) is -2.05. The largest absolute Gasteiger partial charge is 0.462 e. The van der Waals surface area contributed by atoms with Crippen LogP contribution in [0.4, 0.5) is 10.6 Å². The molecule has 0 aromatic carbocycles. The second kappa shape index (κ2) is 13.1. The van der Waals surface area contributed by atoms with Crippen molar-refractivity contribution < 1.29 is 48.0 Å². The maximum Gasteiger partial charge on any atom is 0.415 e. The number of nitrogens with two attached hydrogens (primary N) is 1. The molecule has 5 atom stereocenters. The number of nitrogens with one attached hydrogen (secondary N) is 1. The number of anilines is 1. The van der Waals surface area contributed by atoms with Gasteiger partial charge in [0.1, 0.15) is 42.8 Å². The molecular formula is C28H38N6O10. The zero-order valence-corrected chi connectivity index (χ0v) is 25.7. The van der Waals surface area contributed by atoms with Gasteiger partial charge in [-0.1, -0.05) is 27.7 Å². The number of aromatic nitrogens is 3. The van der Waals surface area contributed by atoms with Crippen LogP contribution >= 0.6 is 0 Å². The minimum absolute atomic E-state index is 0.00167. The molecule has 0 saturated carbocycles. The lowest BCUT2D eigenvalue weighted by atomic mass is 9.87. The number of aliphatic hydroxyl groups excluding tert-OH is 1. The van der Waals surface area contributed by atoms with Gasteiger partial charge in [-0.15, -0.1) is 0 Å². The molecule has 1 amide bonds. The van der Waals surface area contributed by atoms with Crippen LogP contribution in [0.2, 0.25) is 0 Å². The van der Waals surface area contributed by atoms with Crippen molar-refractivity contribution in [1.29, 1.82) is 5.26 Å². The summed E-state index contributed by atoms with van der Waals surface area (Å²) in [6, 6.07) is 3.81. The molecule has 1 aliphatic heterocycles. The summed E-state index contributed by atoms with van der Waals surface area (Å²) in [7, 11) is 0. The van der Waals surface area contributed by atoms with Gasteiger partial charge >= 0.3 is 24.0 Å². The Labute approximate surface area is 253 Å². The van der Waals surface area contributed by atoms with Gasteiger partial charge in [-0.2, -0.15) is 10.4 Å². The first-order valence-electron chi connectivity index (χ1n) is 13.8. The number of hydrogen-bond donors (Lipinski definition) is 3. The summed E-state index contributed by atoms with van der Waals surface area (Å²) in [5.41, 5.74) is 2.58. The Kier molecular flexibility index (Phi) is 10.2. The molecule has 240 valence electrons. The molecule has 2 aromatic rings. The van der Waals surface area contributed by atoms with Crippen molar-refractivity contribution in [1.82, 2.24) is 14.6 Å². The number of nitriles is 1. The van der Waals surface area contributed by atoms with Crippen molar-refractivity contribution in [3.8, 4) is 6.07 Å². The lowest BCUT2D eigenvalue weighted by Crippen LogP contribution is -2.45. The van der Waals surface area contributed by atoms with E-state index in [4.69, 9.17) is 29.4 Å². The van der Waals surface area contributed by atoms with E-state index < -0.39 is 78.2 Å². The third-order valence-electron chi connectivity index (χ3n) is 6.78. The number of carbonyl (C=O) groups is 4. The zero-order chi connectivity index (χ0) is 33.0. The maximum absolute atomic E-state index is 12.6. The summed E-state index contributed by atoms with van der Waals surface area (Å²) in [4.78, 5) is 53.1. The molecule has 16 nitrogen and oxygen atoms in total. The van der Waals surface area contributed by atoms with E-state index in [1.165, 1.54) is 16.6 Å². The molecule has 1 fully saturated rings. The third-order valence-corrected chi connectivity index (χ3v) is 6.78. The van der Waals surface area contributed by atoms with Crippen LogP contribution < -0.4 is 11.1 Å². The molecule has 1 aliphatic rings. The number of fused-ring (bicyclic) bond motifs is 1. The van der Waals surface area contributed by atoms with Crippen LogP contribution in [0.5, 0.6) is 0 Å². The predicted molar refractivity (Wildman–Crippen MR) is 150 cm³/mol. The van der Waals surface area contributed by atoms with E-state index in [-0.39, 0.29) is 23.4 Å². The number of hydrogen-bond acceptors (Lipinski definition) is 14. The highest BCUT2D eigenvalue weighted by Gasteiger charge is 2.60. The molecule has 1 saturated heterocycles. The smallest absolute Gasteiger partial charge is 0.415 e. The van der Waals surface area contributed by atoms with Crippen LogP contribution in [-0.2, 0) is 43.7 Å². The molecule has 0 bridgehead atoms. The fourth-order valence-corrected chi connectivity index (χ4v) is 4.08. The number of ether oxygens (including phenoxy) is 5. The van der Waals surface area contributed by atoms with Crippen LogP contribution in [0.3, 0.4) is 0 Å². The molecule has 4 N–H and O–H groups in total. The van der Waals surface area contributed by atoms with Crippen LogP contribution in [0, 0.1) is 22.2 Å². The van der Waals surface area contributed by atoms with E-state index in [1.807, 2.05) is 6.07 Å². The first-order valence-corrected chi connectivity index (χ1v) is 13.8. The zero-order valence-electron chi connectivity index (χ0n) is 25.7. The monoisotopic (exact) mass is 618 g/mol. The number of esters is 3. The van der Waals surface area contributed by atoms with Gasteiger partial charge in [0.05, 0.1) is 11.1 Å². The van der Waals surface area contributed by atoms with Gasteiger partial charge in [0.25, 0.3) is 0 Å². The highest BCUT2D eigenvalue weighted by Crippen LogP contribution is 2.42. The van der Waals surface area contributed by atoms with Gasteiger partial charge in [0.2, 0.25) is 12.4 Å². The van der Waals surface area contributed by atoms with E-state index in [2.05, 4.69) is 15.4 Å². The summed E-state index contributed by atoms with van der Waals surface area (Å²) >= 11 is 0. The second-order valence-electron chi connectivity index (χ2n) is 12.2. The fourth-order valence-electron chi connectivity index (χ4n) is 4.08. The Morgan fingerprint density at radius 3 is 2.45 bits per heavy atom. The van der Waals surface area contributed by atoms with Crippen molar-refractivity contribution >= 4 is 35.3 Å². The minimum atomic E-state index is -2.17. The Bertz CT molecular complexity index is 1440. The average molecular weight is 619 g/mol. The van der Waals surface area contributed by atoms with E-state index in [1.54, 1.807) is 48.5 Å². The number of aliphatic hydroxyl groups is 1. The van der Waals surface area contributed by atoms with Crippen LogP contribution in [0.1, 0.15) is 60.6 Å². The molecule has 3 heterocycles. The Morgan fingerprint density at radius 1 is 1.18 bits per heavy atom. The number of rotatable bonds is 9. The van der Waals surface area contributed by atoms with Gasteiger partial charge < -0.3 is 34.5 Å². The standard InChI is InChI=1S/C28H38N6O10/c1-8-18(35)43-19-16(11-40-23(37)20(30)26(2,3)4)44-28(12-29,21(19)36)17-10-9-15-22(31-13-32-34(15)17)33-25(39)42-14-41-24(38)27(5,6)7/h9-10,13,16,19-21,36H,8,11,14,30H2,1-7H3,(H,31,32,33,39)/t16-,19-,20-,21-,28+/m1/s1. The van der Waals surface area contributed by atoms with Gasteiger partial charge in [0, 0.05) is 6.42 Å². The number of nitrogens with zero attached hydrogens (tertiary/aromatic N) is 4. The topological polar surface area (TPSA) is 227 Å². The fraction of sp³-hybridized carbons (Fsp3) is 0.607. The molecular weight excluding hydrogens is 580 g/mol. The van der Waals surface area contributed by atoms with Crippen LogP contribution in [0.25, 0.3) is 5.52 Å². The summed E-state index contributed by atoms with van der Waals surface area (Å²) in [6.45, 7) is 10.6. The van der Waals surface area contributed by atoms with Crippen molar-refractivity contribution in [2.75, 3.05) is 18.7 Å². The molecule has 44 heavy (non-hydrogen) atoms. The number of carbonyl (C=O) groups excluding carboxylic acids is 4. The van der Waals surface area contributed by atoms with E-state index in [0.717, 1.165) is 6.33 Å². The van der Waals surface area contributed by atoms with Gasteiger partial charge in [0.15, 0.2) is 11.9 Å². The van der Waals surface area contributed by atoms with Crippen molar-refractivity contribution in [3.63, 3.8) is 0 Å². The van der Waals surface area contributed by atoms with Gasteiger partial charge in [-0.3, -0.25) is 19.7 Å².